The standard InChI is InChI=1S/C25H21N7OS/c1-15-20-10-19(5-6-21(20)29-14-28-15)23-22(18-4-2-3-16(9-18)11-26)30-24(34-23)31-25(33)32-8-7-17(12-27)13-32/h2-6,9-10,14,17,24,30H,7-8,13H2,1H3,(H,31,33). The zero-order valence-corrected chi connectivity index (χ0v) is 19.3. The molecule has 1 aromatic heterocycles. The lowest BCUT2D eigenvalue weighted by Gasteiger charge is -2.20. The molecule has 8 nitrogen and oxygen atoms in total. The Morgan fingerprint density at radius 3 is 2.88 bits per heavy atom. The number of aromatic nitrogens is 2. The molecule has 0 radical (unpaired) electrons. The normalized spacial score (nSPS) is 19.6. The van der Waals surface area contributed by atoms with E-state index in [1.807, 2.05) is 37.3 Å². The highest BCUT2D eigenvalue weighted by atomic mass is 32.2. The number of urea groups is 1. The average molecular weight is 468 g/mol. The minimum Gasteiger partial charge on any atom is -0.355 e. The van der Waals surface area contributed by atoms with E-state index in [9.17, 15) is 10.1 Å². The first-order chi connectivity index (χ1) is 16.6. The summed E-state index contributed by atoms with van der Waals surface area (Å²) >= 11 is 1.51. The summed E-state index contributed by atoms with van der Waals surface area (Å²) in [6.07, 6.45) is 2.26. The Labute approximate surface area is 201 Å². The quantitative estimate of drug-likeness (QED) is 0.601. The van der Waals surface area contributed by atoms with Crippen molar-refractivity contribution in [1.29, 1.82) is 10.5 Å². The lowest BCUT2D eigenvalue weighted by molar-refractivity contribution is 0.206. The fourth-order valence-electron chi connectivity index (χ4n) is 4.22. The SMILES string of the molecule is Cc1ncnc2ccc(C3=C(c4cccc(C#N)c4)NC(NC(=O)N4CCC(C#N)C4)S3)cc12. The van der Waals surface area contributed by atoms with Crippen molar-refractivity contribution >= 4 is 39.3 Å². The molecule has 3 aromatic rings. The van der Waals surface area contributed by atoms with E-state index in [-0.39, 0.29) is 11.9 Å². The minimum atomic E-state index is -0.395. The number of hydrogen-bond donors (Lipinski definition) is 2. The van der Waals surface area contributed by atoms with Crippen LogP contribution in [0.5, 0.6) is 0 Å². The van der Waals surface area contributed by atoms with Gasteiger partial charge in [0.15, 0.2) is 5.50 Å². The van der Waals surface area contributed by atoms with Gasteiger partial charge in [0, 0.05) is 34.6 Å². The summed E-state index contributed by atoms with van der Waals surface area (Å²) in [5.41, 5.74) is 4.61. The van der Waals surface area contributed by atoms with E-state index in [1.54, 1.807) is 17.3 Å². The number of hydrogen-bond acceptors (Lipinski definition) is 7. The molecule has 168 valence electrons. The van der Waals surface area contributed by atoms with Crippen LogP contribution in [0.1, 0.15) is 28.8 Å². The third-order valence-corrected chi connectivity index (χ3v) is 7.17. The number of carbonyl (C=O) groups is 1. The fourth-order valence-corrected chi connectivity index (χ4v) is 5.35. The summed E-state index contributed by atoms with van der Waals surface area (Å²) in [6, 6.07) is 17.7. The first kappa shape index (κ1) is 21.7. The van der Waals surface area contributed by atoms with Crippen molar-refractivity contribution in [1.82, 2.24) is 25.5 Å². The van der Waals surface area contributed by atoms with Gasteiger partial charge in [0.05, 0.1) is 34.8 Å². The number of nitrogens with one attached hydrogen (secondary N) is 2. The van der Waals surface area contributed by atoms with Crippen LogP contribution < -0.4 is 10.6 Å². The summed E-state index contributed by atoms with van der Waals surface area (Å²) < 4.78 is 0. The van der Waals surface area contributed by atoms with Gasteiger partial charge in [0.2, 0.25) is 0 Å². The van der Waals surface area contributed by atoms with E-state index >= 15 is 0 Å². The lowest BCUT2D eigenvalue weighted by Crippen LogP contribution is -2.46. The van der Waals surface area contributed by atoms with Crippen molar-refractivity contribution in [3.63, 3.8) is 0 Å². The predicted molar refractivity (Wildman–Crippen MR) is 131 cm³/mol. The van der Waals surface area contributed by atoms with Crippen molar-refractivity contribution < 1.29 is 4.79 Å². The Kier molecular flexibility index (Phi) is 5.79. The molecular weight excluding hydrogens is 446 g/mol. The van der Waals surface area contributed by atoms with Gasteiger partial charge < -0.3 is 15.5 Å². The molecule has 0 spiro atoms. The van der Waals surface area contributed by atoms with E-state index in [0.29, 0.717) is 25.1 Å². The zero-order chi connectivity index (χ0) is 23.7. The Morgan fingerprint density at radius 1 is 1.21 bits per heavy atom. The number of rotatable bonds is 3. The number of likely N-dealkylation sites (tertiary alicyclic amines) is 1. The molecule has 1 saturated heterocycles. The molecule has 1 fully saturated rings. The van der Waals surface area contributed by atoms with Crippen molar-refractivity contribution in [3.05, 3.63) is 71.2 Å². The van der Waals surface area contributed by atoms with Crippen LogP contribution in [0.2, 0.25) is 0 Å². The lowest BCUT2D eigenvalue weighted by atomic mass is 10.0. The van der Waals surface area contributed by atoms with Gasteiger partial charge in [-0.1, -0.05) is 30.0 Å². The van der Waals surface area contributed by atoms with Crippen LogP contribution in [0.3, 0.4) is 0 Å². The second kappa shape index (κ2) is 9.05. The molecule has 3 heterocycles. The van der Waals surface area contributed by atoms with Gasteiger partial charge in [-0.05, 0) is 43.2 Å². The number of carbonyl (C=O) groups excluding carboxylic acids is 1. The Bertz CT molecular complexity index is 1400. The smallest absolute Gasteiger partial charge is 0.319 e. The van der Waals surface area contributed by atoms with E-state index in [1.165, 1.54) is 11.8 Å². The molecule has 2 atom stereocenters. The maximum Gasteiger partial charge on any atom is 0.319 e. The molecule has 5 rings (SSSR count). The number of nitrogens with zero attached hydrogens (tertiary/aromatic N) is 5. The molecule has 2 N–H and O–H groups in total. The number of amides is 2. The number of thioether (sulfide) groups is 1. The van der Waals surface area contributed by atoms with Crippen LogP contribution >= 0.6 is 11.8 Å². The minimum absolute atomic E-state index is 0.115. The van der Waals surface area contributed by atoms with E-state index < -0.39 is 5.50 Å². The van der Waals surface area contributed by atoms with Gasteiger partial charge in [0.1, 0.15) is 6.33 Å². The van der Waals surface area contributed by atoms with Crippen LogP contribution in [0.25, 0.3) is 21.5 Å². The van der Waals surface area contributed by atoms with Gasteiger partial charge in [-0.2, -0.15) is 10.5 Å². The summed E-state index contributed by atoms with van der Waals surface area (Å²) in [7, 11) is 0. The van der Waals surface area contributed by atoms with Gasteiger partial charge in [-0.3, -0.25) is 0 Å². The topological polar surface area (TPSA) is 118 Å². The summed E-state index contributed by atoms with van der Waals surface area (Å²) in [4.78, 5) is 24.1. The summed E-state index contributed by atoms with van der Waals surface area (Å²) in [6.45, 7) is 2.97. The number of aryl methyl sites for hydroxylation is 1. The summed E-state index contributed by atoms with van der Waals surface area (Å²) in [5.74, 6) is -0.115. The molecule has 2 aliphatic heterocycles. The molecule has 0 aliphatic carbocycles. The van der Waals surface area contributed by atoms with Crippen LogP contribution in [-0.4, -0.2) is 39.5 Å². The highest BCUT2D eigenvalue weighted by Crippen LogP contribution is 2.42. The van der Waals surface area contributed by atoms with E-state index in [4.69, 9.17) is 5.26 Å². The van der Waals surface area contributed by atoms with Gasteiger partial charge >= 0.3 is 6.03 Å². The highest BCUT2D eigenvalue weighted by molar-refractivity contribution is 8.09. The maximum atomic E-state index is 12.8. The van der Waals surface area contributed by atoms with Crippen LogP contribution in [0.4, 0.5) is 4.79 Å². The Morgan fingerprint density at radius 2 is 2.09 bits per heavy atom. The summed E-state index contributed by atoms with van der Waals surface area (Å²) in [5, 5.41) is 26.0. The molecular formula is C25H21N7OS. The number of fused-ring (bicyclic) bond motifs is 1. The number of benzene rings is 2. The second-order valence-corrected chi connectivity index (χ2v) is 9.36. The first-order valence-corrected chi connectivity index (χ1v) is 11.8. The van der Waals surface area contributed by atoms with Gasteiger partial charge in [0.25, 0.3) is 0 Å². The molecule has 2 amide bonds. The third-order valence-electron chi connectivity index (χ3n) is 6.03. The second-order valence-electron chi connectivity index (χ2n) is 8.24. The fraction of sp³-hybridized carbons (Fsp3) is 0.240. The van der Waals surface area contributed by atoms with Crippen molar-refractivity contribution in [2.45, 2.75) is 18.8 Å². The van der Waals surface area contributed by atoms with Crippen LogP contribution in [0.15, 0.2) is 48.8 Å². The molecule has 0 saturated carbocycles. The van der Waals surface area contributed by atoms with Crippen LogP contribution in [0, 0.1) is 35.5 Å². The Balaban J connectivity index is 1.48. The molecule has 2 aliphatic rings. The monoisotopic (exact) mass is 467 g/mol. The first-order valence-electron chi connectivity index (χ1n) is 10.9. The van der Waals surface area contributed by atoms with E-state index in [0.717, 1.165) is 38.3 Å². The molecule has 9 heteroatoms. The van der Waals surface area contributed by atoms with Crippen molar-refractivity contribution in [3.8, 4) is 12.1 Å². The predicted octanol–water partition coefficient (Wildman–Crippen LogP) is 3.81. The van der Waals surface area contributed by atoms with Gasteiger partial charge in [-0.25, -0.2) is 14.8 Å². The van der Waals surface area contributed by atoms with Crippen LogP contribution in [-0.2, 0) is 0 Å². The third kappa shape index (κ3) is 4.14. The zero-order valence-electron chi connectivity index (χ0n) is 18.4. The molecule has 34 heavy (non-hydrogen) atoms. The van der Waals surface area contributed by atoms with Gasteiger partial charge in [-0.15, -0.1) is 0 Å². The Hall–Kier alpha value is -4.08. The average Bonchev–Trinajstić information content (AvgIpc) is 3.52. The number of nitriles is 2. The molecule has 2 unspecified atom stereocenters. The molecule has 0 bridgehead atoms. The van der Waals surface area contributed by atoms with Crippen molar-refractivity contribution in [2.75, 3.05) is 13.1 Å². The highest BCUT2D eigenvalue weighted by Gasteiger charge is 2.31. The molecule has 2 aromatic carbocycles. The maximum absolute atomic E-state index is 12.8. The van der Waals surface area contributed by atoms with E-state index in [2.05, 4.69) is 38.8 Å². The van der Waals surface area contributed by atoms with Crippen molar-refractivity contribution in [2.24, 2.45) is 5.92 Å². The largest absolute Gasteiger partial charge is 0.355 e.